The lowest BCUT2D eigenvalue weighted by Gasteiger charge is -2.13. The SMILES string of the molecule is Cc1ccc(C(C)NC(=O)c2cc(N)cn2C2CC2)o1. The Morgan fingerprint density at radius 2 is 2.25 bits per heavy atom. The van der Waals surface area contributed by atoms with Crippen LogP contribution in [0.15, 0.2) is 28.8 Å². The quantitative estimate of drug-likeness (QED) is 0.899. The molecule has 0 bridgehead atoms. The van der Waals surface area contributed by atoms with Crippen LogP contribution in [-0.4, -0.2) is 10.5 Å². The molecule has 0 radical (unpaired) electrons. The van der Waals surface area contributed by atoms with Crippen molar-refractivity contribution in [1.29, 1.82) is 0 Å². The molecular formula is C15H19N3O2. The first-order chi connectivity index (χ1) is 9.54. The van der Waals surface area contributed by atoms with Gasteiger partial charge in [-0.25, -0.2) is 0 Å². The second-order valence-electron chi connectivity index (χ2n) is 5.44. The van der Waals surface area contributed by atoms with Crippen molar-refractivity contribution >= 4 is 11.6 Å². The first-order valence-corrected chi connectivity index (χ1v) is 6.89. The predicted molar refractivity (Wildman–Crippen MR) is 76.4 cm³/mol. The molecule has 1 fully saturated rings. The molecular weight excluding hydrogens is 254 g/mol. The number of anilines is 1. The lowest BCUT2D eigenvalue weighted by molar-refractivity contribution is 0.0925. The van der Waals surface area contributed by atoms with Gasteiger partial charge >= 0.3 is 0 Å². The molecule has 3 N–H and O–H groups in total. The molecule has 2 heterocycles. The zero-order valence-corrected chi connectivity index (χ0v) is 11.7. The van der Waals surface area contributed by atoms with Gasteiger partial charge in [0.15, 0.2) is 0 Å². The summed E-state index contributed by atoms with van der Waals surface area (Å²) in [6.45, 7) is 3.79. The summed E-state index contributed by atoms with van der Waals surface area (Å²) in [5.41, 5.74) is 7.06. The van der Waals surface area contributed by atoms with E-state index in [4.69, 9.17) is 10.2 Å². The molecule has 1 aliphatic rings. The van der Waals surface area contributed by atoms with Gasteiger partial charge in [0.05, 0.1) is 11.7 Å². The highest BCUT2D eigenvalue weighted by Crippen LogP contribution is 2.37. The number of hydrogen-bond donors (Lipinski definition) is 2. The van der Waals surface area contributed by atoms with E-state index < -0.39 is 0 Å². The second-order valence-corrected chi connectivity index (χ2v) is 5.44. The normalized spacial score (nSPS) is 16.1. The van der Waals surface area contributed by atoms with Gasteiger partial charge in [0, 0.05) is 12.2 Å². The molecule has 1 amide bonds. The summed E-state index contributed by atoms with van der Waals surface area (Å²) in [5, 5.41) is 2.95. The fourth-order valence-electron chi connectivity index (χ4n) is 2.37. The lowest BCUT2D eigenvalue weighted by Crippen LogP contribution is -2.28. The standard InChI is InChI=1S/C15H19N3O2/c1-9-3-6-14(20-9)10(2)17-15(19)13-7-11(16)8-18(13)12-4-5-12/h3,6-8,10,12H,4-5,16H2,1-2H3,(H,17,19). The zero-order chi connectivity index (χ0) is 14.3. The molecule has 1 saturated carbocycles. The number of carbonyl (C=O) groups excluding carboxylic acids is 1. The molecule has 3 rings (SSSR count). The zero-order valence-electron chi connectivity index (χ0n) is 11.7. The molecule has 0 saturated heterocycles. The molecule has 0 aliphatic heterocycles. The summed E-state index contributed by atoms with van der Waals surface area (Å²) in [4.78, 5) is 12.4. The maximum Gasteiger partial charge on any atom is 0.268 e. The Labute approximate surface area is 117 Å². The van der Waals surface area contributed by atoms with Crippen LogP contribution >= 0.6 is 0 Å². The van der Waals surface area contributed by atoms with E-state index >= 15 is 0 Å². The van der Waals surface area contributed by atoms with Crippen LogP contribution in [0.3, 0.4) is 0 Å². The number of carbonyl (C=O) groups is 1. The number of hydrogen-bond acceptors (Lipinski definition) is 3. The van der Waals surface area contributed by atoms with Gasteiger partial charge < -0.3 is 20.0 Å². The Bertz CT molecular complexity index is 637. The van der Waals surface area contributed by atoms with Crippen LogP contribution < -0.4 is 11.1 Å². The van der Waals surface area contributed by atoms with Crippen molar-refractivity contribution < 1.29 is 9.21 Å². The molecule has 5 nitrogen and oxygen atoms in total. The Hall–Kier alpha value is -2.17. The fourth-order valence-corrected chi connectivity index (χ4v) is 2.37. The molecule has 5 heteroatoms. The van der Waals surface area contributed by atoms with E-state index in [1.807, 2.05) is 36.7 Å². The Kier molecular flexibility index (Phi) is 3.04. The van der Waals surface area contributed by atoms with Crippen molar-refractivity contribution in [3.8, 4) is 0 Å². The van der Waals surface area contributed by atoms with Crippen LogP contribution in [0.5, 0.6) is 0 Å². The number of furan rings is 1. The maximum absolute atomic E-state index is 12.4. The van der Waals surface area contributed by atoms with Crippen molar-refractivity contribution in [3.05, 3.63) is 41.6 Å². The molecule has 106 valence electrons. The average molecular weight is 273 g/mol. The molecule has 1 aliphatic carbocycles. The number of amides is 1. The summed E-state index contributed by atoms with van der Waals surface area (Å²) in [7, 11) is 0. The minimum atomic E-state index is -0.167. The second kappa shape index (κ2) is 4.74. The van der Waals surface area contributed by atoms with Gasteiger partial charge in [-0.15, -0.1) is 0 Å². The van der Waals surface area contributed by atoms with Gasteiger partial charge in [0.1, 0.15) is 17.2 Å². The monoisotopic (exact) mass is 273 g/mol. The third-order valence-corrected chi connectivity index (χ3v) is 3.58. The van der Waals surface area contributed by atoms with Crippen molar-refractivity contribution in [2.45, 2.75) is 38.8 Å². The van der Waals surface area contributed by atoms with E-state index in [0.717, 1.165) is 24.4 Å². The number of nitrogen functional groups attached to an aromatic ring is 1. The van der Waals surface area contributed by atoms with E-state index in [1.165, 1.54) is 0 Å². The average Bonchev–Trinajstić information content (AvgIpc) is 3.03. The predicted octanol–water partition coefficient (Wildman–Crippen LogP) is 2.80. The van der Waals surface area contributed by atoms with E-state index in [1.54, 1.807) is 6.07 Å². The highest BCUT2D eigenvalue weighted by molar-refractivity contribution is 5.94. The van der Waals surface area contributed by atoms with Crippen LogP contribution in [0.25, 0.3) is 0 Å². The molecule has 0 aromatic carbocycles. The first-order valence-electron chi connectivity index (χ1n) is 6.89. The number of nitrogens with zero attached hydrogens (tertiary/aromatic N) is 1. The highest BCUT2D eigenvalue weighted by atomic mass is 16.3. The maximum atomic E-state index is 12.4. The van der Waals surface area contributed by atoms with Gasteiger partial charge in [-0.2, -0.15) is 0 Å². The van der Waals surface area contributed by atoms with E-state index in [0.29, 0.717) is 17.4 Å². The summed E-state index contributed by atoms with van der Waals surface area (Å²) in [6.07, 6.45) is 4.07. The van der Waals surface area contributed by atoms with Gasteiger partial charge in [-0.3, -0.25) is 4.79 Å². The van der Waals surface area contributed by atoms with E-state index in [9.17, 15) is 4.79 Å². The van der Waals surface area contributed by atoms with Crippen LogP contribution in [0.4, 0.5) is 5.69 Å². The van der Waals surface area contributed by atoms with Gasteiger partial charge in [-0.1, -0.05) is 0 Å². The molecule has 0 spiro atoms. The third kappa shape index (κ3) is 2.43. The summed E-state index contributed by atoms with van der Waals surface area (Å²) in [5.74, 6) is 1.48. The van der Waals surface area contributed by atoms with Crippen molar-refractivity contribution in [1.82, 2.24) is 9.88 Å². The largest absolute Gasteiger partial charge is 0.464 e. The minimum Gasteiger partial charge on any atom is -0.464 e. The highest BCUT2D eigenvalue weighted by Gasteiger charge is 2.28. The van der Waals surface area contributed by atoms with Crippen LogP contribution in [0.1, 0.15) is 53.9 Å². The fraction of sp³-hybridized carbons (Fsp3) is 0.400. The van der Waals surface area contributed by atoms with Crippen LogP contribution in [0, 0.1) is 6.92 Å². The Morgan fingerprint density at radius 3 is 2.85 bits per heavy atom. The van der Waals surface area contributed by atoms with Gasteiger partial charge in [0.25, 0.3) is 5.91 Å². The van der Waals surface area contributed by atoms with Crippen molar-refractivity contribution in [2.24, 2.45) is 0 Å². The van der Waals surface area contributed by atoms with E-state index in [2.05, 4.69) is 5.32 Å². The minimum absolute atomic E-state index is 0.116. The Balaban J connectivity index is 1.76. The lowest BCUT2D eigenvalue weighted by atomic mass is 10.2. The third-order valence-electron chi connectivity index (χ3n) is 3.58. The number of rotatable bonds is 4. The number of nitrogens with one attached hydrogen (secondary N) is 1. The van der Waals surface area contributed by atoms with Crippen molar-refractivity contribution in [3.63, 3.8) is 0 Å². The Morgan fingerprint density at radius 1 is 1.50 bits per heavy atom. The molecule has 20 heavy (non-hydrogen) atoms. The van der Waals surface area contributed by atoms with Crippen molar-refractivity contribution in [2.75, 3.05) is 5.73 Å². The molecule has 2 aromatic rings. The summed E-state index contributed by atoms with van der Waals surface area (Å²) < 4.78 is 7.51. The number of nitrogens with two attached hydrogens (primary N) is 1. The molecule has 2 aromatic heterocycles. The summed E-state index contributed by atoms with van der Waals surface area (Å²) in [6, 6.07) is 5.76. The summed E-state index contributed by atoms with van der Waals surface area (Å²) >= 11 is 0. The molecule has 1 atom stereocenters. The topological polar surface area (TPSA) is 73.2 Å². The number of aryl methyl sites for hydroxylation is 1. The van der Waals surface area contributed by atoms with Crippen LogP contribution in [-0.2, 0) is 0 Å². The van der Waals surface area contributed by atoms with Gasteiger partial charge in [0.2, 0.25) is 0 Å². The van der Waals surface area contributed by atoms with E-state index in [-0.39, 0.29) is 11.9 Å². The van der Waals surface area contributed by atoms with Crippen LogP contribution in [0.2, 0.25) is 0 Å². The smallest absolute Gasteiger partial charge is 0.268 e. The molecule has 1 unspecified atom stereocenters. The van der Waals surface area contributed by atoms with Gasteiger partial charge in [-0.05, 0) is 44.9 Å². The first kappa shape index (κ1) is 12.8. The number of aromatic nitrogens is 1.